The number of aromatic amines is 1. The molecule has 4 aromatic rings. The second-order valence-corrected chi connectivity index (χ2v) is 9.36. The first-order valence-corrected chi connectivity index (χ1v) is 11.8. The van der Waals surface area contributed by atoms with Crippen molar-refractivity contribution >= 4 is 16.8 Å². The number of nitrogens with zero attached hydrogens (tertiary/aromatic N) is 5. The van der Waals surface area contributed by atoms with E-state index in [2.05, 4.69) is 58.9 Å². The molecule has 0 bridgehead atoms. The van der Waals surface area contributed by atoms with Gasteiger partial charge in [-0.15, -0.1) is 0 Å². The van der Waals surface area contributed by atoms with Gasteiger partial charge < -0.3 is 14.8 Å². The third-order valence-corrected chi connectivity index (χ3v) is 6.49. The van der Waals surface area contributed by atoms with E-state index >= 15 is 0 Å². The van der Waals surface area contributed by atoms with Crippen molar-refractivity contribution in [3.8, 4) is 11.4 Å². The Kier molecular flexibility index (Phi) is 6.11. The average molecular weight is 455 g/mol. The molecule has 0 radical (unpaired) electrons. The molecule has 0 aliphatic carbocycles. The zero-order chi connectivity index (χ0) is 23.7. The molecular formula is C27H30N6O. The average Bonchev–Trinajstić information content (AvgIpc) is 3.28. The number of benzene rings is 1. The minimum atomic E-state index is 0.0676. The summed E-state index contributed by atoms with van der Waals surface area (Å²) in [5.41, 5.74) is 5.64. The van der Waals surface area contributed by atoms with Gasteiger partial charge in [0.2, 0.25) is 0 Å². The number of hydrogen-bond acceptors (Lipinski definition) is 5. The molecule has 1 aliphatic rings. The van der Waals surface area contributed by atoms with Gasteiger partial charge in [0.15, 0.2) is 0 Å². The highest BCUT2D eigenvalue weighted by Crippen LogP contribution is 2.22. The number of H-pyrrole nitrogens is 1. The normalized spacial score (nSPS) is 14.8. The second kappa shape index (κ2) is 9.35. The molecule has 1 aliphatic heterocycles. The summed E-state index contributed by atoms with van der Waals surface area (Å²) in [4.78, 5) is 34.2. The van der Waals surface area contributed by atoms with Crippen LogP contribution in [0.5, 0.6) is 0 Å². The number of carbonyl (C=O) groups excluding carboxylic acids is 1. The Balaban J connectivity index is 1.35. The minimum Gasteiger partial charge on any atom is -0.351 e. The molecular weight excluding hydrogens is 424 g/mol. The van der Waals surface area contributed by atoms with Crippen LogP contribution in [0, 0.1) is 0 Å². The summed E-state index contributed by atoms with van der Waals surface area (Å²) in [6, 6.07) is 14.2. The van der Waals surface area contributed by atoms with Gasteiger partial charge in [0.1, 0.15) is 11.5 Å². The number of likely N-dealkylation sites (N-methyl/N-ethyl adjacent to an activating group) is 1. The maximum atomic E-state index is 12.9. The van der Waals surface area contributed by atoms with E-state index in [1.165, 1.54) is 5.56 Å². The quantitative estimate of drug-likeness (QED) is 0.491. The predicted octanol–water partition coefficient (Wildman–Crippen LogP) is 4.12. The molecule has 0 atom stereocenters. The number of fused-ring (bicyclic) bond motifs is 1. The fourth-order valence-electron chi connectivity index (χ4n) is 4.34. The van der Waals surface area contributed by atoms with Gasteiger partial charge >= 0.3 is 0 Å². The van der Waals surface area contributed by atoms with Crippen LogP contribution in [0.3, 0.4) is 0 Å². The first-order valence-electron chi connectivity index (χ1n) is 11.8. The molecule has 1 saturated heterocycles. The number of hydrogen-bond donors (Lipinski definition) is 1. The van der Waals surface area contributed by atoms with Gasteiger partial charge in [0, 0.05) is 55.9 Å². The summed E-state index contributed by atoms with van der Waals surface area (Å²) in [6.45, 7) is 7.69. The van der Waals surface area contributed by atoms with E-state index < -0.39 is 0 Å². The van der Waals surface area contributed by atoms with Gasteiger partial charge in [-0.1, -0.05) is 19.9 Å². The fraction of sp³-hybridized carbons (Fsp3) is 0.333. The van der Waals surface area contributed by atoms with Crippen molar-refractivity contribution in [1.82, 2.24) is 29.7 Å². The Morgan fingerprint density at radius 1 is 0.971 bits per heavy atom. The molecule has 0 unspecified atom stereocenters. The molecule has 3 aromatic heterocycles. The lowest BCUT2D eigenvalue weighted by Crippen LogP contribution is -2.47. The first-order chi connectivity index (χ1) is 16.5. The van der Waals surface area contributed by atoms with E-state index in [4.69, 9.17) is 4.98 Å². The zero-order valence-electron chi connectivity index (χ0n) is 20.0. The van der Waals surface area contributed by atoms with E-state index in [1.54, 1.807) is 6.20 Å². The highest BCUT2D eigenvalue weighted by molar-refractivity contribution is 5.98. The summed E-state index contributed by atoms with van der Waals surface area (Å²) in [5, 5.41) is 1.03. The number of piperazine rings is 1. The van der Waals surface area contributed by atoms with Crippen molar-refractivity contribution in [2.24, 2.45) is 0 Å². The van der Waals surface area contributed by atoms with Crippen molar-refractivity contribution in [3.05, 3.63) is 77.5 Å². The molecule has 5 rings (SSSR count). The Morgan fingerprint density at radius 3 is 2.56 bits per heavy atom. The van der Waals surface area contributed by atoms with Crippen LogP contribution >= 0.6 is 0 Å². The van der Waals surface area contributed by atoms with E-state index in [-0.39, 0.29) is 5.91 Å². The summed E-state index contributed by atoms with van der Waals surface area (Å²) in [7, 11) is 2.09. The molecule has 174 valence electrons. The highest BCUT2D eigenvalue weighted by Gasteiger charge is 2.21. The van der Waals surface area contributed by atoms with Crippen molar-refractivity contribution in [2.45, 2.75) is 26.2 Å². The van der Waals surface area contributed by atoms with E-state index in [9.17, 15) is 4.79 Å². The summed E-state index contributed by atoms with van der Waals surface area (Å²) < 4.78 is 0. The lowest BCUT2D eigenvalue weighted by atomic mass is 10.0. The summed E-state index contributed by atoms with van der Waals surface area (Å²) in [5.74, 6) is 1.25. The van der Waals surface area contributed by atoms with Crippen LogP contribution in [0.15, 0.2) is 54.9 Å². The third-order valence-electron chi connectivity index (χ3n) is 6.49. The number of rotatable bonds is 5. The summed E-state index contributed by atoms with van der Waals surface area (Å²) in [6.07, 6.45) is 4.25. The Labute approximate surface area is 199 Å². The fourth-order valence-corrected chi connectivity index (χ4v) is 4.34. The number of pyridine rings is 1. The van der Waals surface area contributed by atoms with Crippen LogP contribution < -0.4 is 0 Å². The van der Waals surface area contributed by atoms with E-state index in [0.29, 0.717) is 18.0 Å². The molecule has 0 spiro atoms. The van der Waals surface area contributed by atoms with Crippen LogP contribution in [0.1, 0.15) is 47.2 Å². The summed E-state index contributed by atoms with van der Waals surface area (Å²) >= 11 is 0. The van der Waals surface area contributed by atoms with Crippen LogP contribution in [0.2, 0.25) is 0 Å². The lowest BCUT2D eigenvalue weighted by Gasteiger charge is -2.32. The molecule has 4 heterocycles. The number of aromatic nitrogens is 4. The lowest BCUT2D eigenvalue weighted by molar-refractivity contribution is 0.0659. The predicted molar refractivity (Wildman–Crippen MR) is 134 cm³/mol. The third kappa shape index (κ3) is 4.70. The zero-order valence-corrected chi connectivity index (χ0v) is 20.0. The maximum Gasteiger partial charge on any atom is 0.270 e. The molecule has 1 fully saturated rings. The van der Waals surface area contributed by atoms with E-state index in [1.807, 2.05) is 35.4 Å². The van der Waals surface area contributed by atoms with Crippen molar-refractivity contribution < 1.29 is 4.79 Å². The number of carbonyl (C=O) groups is 1. The standard InChI is InChI=1S/C27H30N6O/c1-18(2)20-6-8-28-24(16-20)23-7-9-29-26(31-23)15-19-4-5-22-21(14-19)17-25(30-22)27(34)33-12-10-32(3)11-13-33/h4-9,14,16-18,30H,10-13,15H2,1-3H3. The molecule has 7 heteroatoms. The van der Waals surface area contributed by atoms with Gasteiger partial charge in [-0.05, 0) is 60.5 Å². The molecule has 7 nitrogen and oxygen atoms in total. The van der Waals surface area contributed by atoms with Crippen molar-refractivity contribution in [3.63, 3.8) is 0 Å². The molecule has 1 N–H and O–H groups in total. The van der Waals surface area contributed by atoms with Gasteiger partial charge in [-0.25, -0.2) is 9.97 Å². The molecule has 1 amide bonds. The Morgan fingerprint density at radius 2 is 1.76 bits per heavy atom. The van der Waals surface area contributed by atoms with Crippen LogP contribution in [0.25, 0.3) is 22.3 Å². The van der Waals surface area contributed by atoms with Gasteiger partial charge in [0.25, 0.3) is 5.91 Å². The minimum absolute atomic E-state index is 0.0676. The highest BCUT2D eigenvalue weighted by atomic mass is 16.2. The van der Waals surface area contributed by atoms with Crippen molar-refractivity contribution in [1.29, 1.82) is 0 Å². The largest absolute Gasteiger partial charge is 0.351 e. The van der Waals surface area contributed by atoms with Gasteiger partial charge in [-0.3, -0.25) is 9.78 Å². The van der Waals surface area contributed by atoms with Gasteiger partial charge in [-0.2, -0.15) is 0 Å². The van der Waals surface area contributed by atoms with Crippen LogP contribution in [-0.4, -0.2) is 68.9 Å². The Bertz CT molecular complexity index is 1320. The molecule has 34 heavy (non-hydrogen) atoms. The van der Waals surface area contributed by atoms with Gasteiger partial charge in [0.05, 0.1) is 11.4 Å². The topological polar surface area (TPSA) is 78.0 Å². The first kappa shape index (κ1) is 22.2. The second-order valence-electron chi connectivity index (χ2n) is 9.36. The monoisotopic (exact) mass is 454 g/mol. The molecule has 1 aromatic carbocycles. The molecule has 0 saturated carbocycles. The number of amides is 1. The Hall–Kier alpha value is -3.58. The smallest absolute Gasteiger partial charge is 0.270 e. The SMILES string of the molecule is CC(C)c1ccnc(-c2ccnc(Cc3ccc4[nH]c(C(=O)N5CCN(C)CC5)cc4c3)n2)c1. The van der Waals surface area contributed by atoms with Crippen LogP contribution in [-0.2, 0) is 6.42 Å². The maximum absolute atomic E-state index is 12.9. The van der Waals surface area contributed by atoms with Crippen LogP contribution in [0.4, 0.5) is 0 Å². The number of nitrogens with one attached hydrogen (secondary N) is 1. The van der Waals surface area contributed by atoms with E-state index in [0.717, 1.165) is 59.9 Å². The van der Waals surface area contributed by atoms with Crippen molar-refractivity contribution in [2.75, 3.05) is 33.2 Å².